The summed E-state index contributed by atoms with van der Waals surface area (Å²) >= 11 is 0. The zero-order valence-corrected chi connectivity index (χ0v) is 15.5. The quantitative estimate of drug-likeness (QED) is 0.584. The number of methoxy groups -OCH3 is 1. The summed E-state index contributed by atoms with van der Waals surface area (Å²) in [6.45, 7) is 0.402. The van der Waals surface area contributed by atoms with Gasteiger partial charge in [-0.05, 0) is 12.1 Å². The van der Waals surface area contributed by atoms with Gasteiger partial charge in [0.2, 0.25) is 0 Å². The van der Waals surface area contributed by atoms with Crippen LogP contribution < -0.4 is 5.32 Å². The molecule has 1 amide bonds. The lowest BCUT2D eigenvalue weighted by atomic mass is 9.87. The molecular formula is C18H18F4N2O5. The van der Waals surface area contributed by atoms with E-state index in [0.29, 0.717) is 13.0 Å². The van der Waals surface area contributed by atoms with Gasteiger partial charge in [-0.3, -0.25) is 4.79 Å². The van der Waals surface area contributed by atoms with Crippen LogP contribution in [0, 0.1) is 11.6 Å². The molecule has 0 spiro atoms. The number of carbonyl (C=O) groups excluding carboxylic acids is 2. The van der Waals surface area contributed by atoms with Crippen LogP contribution >= 0.6 is 0 Å². The number of rotatable bonds is 5. The van der Waals surface area contributed by atoms with Crippen LogP contribution in [0.4, 0.5) is 17.6 Å². The van der Waals surface area contributed by atoms with Crippen molar-refractivity contribution in [2.24, 2.45) is 5.16 Å². The Morgan fingerprint density at radius 3 is 2.52 bits per heavy atom. The molecule has 0 aliphatic carbocycles. The SMILES string of the molecule is COC(=O)C1CC(NC(=O)[C@@]2(C(C)(F)F)CC(c3cc(F)cc(F)c3)=NO2)CO1. The maximum Gasteiger partial charge on any atom is 0.335 e. The third kappa shape index (κ3) is 4.04. The molecule has 3 rings (SSSR count). The van der Waals surface area contributed by atoms with Gasteiger partial charge in [0.15, 0.2) is 6.10 Å². The first kappa shape index (κ1) is 21.0. The number of alkyl halides is 2. The van der Waals surface area contributed by atoms with Crippen molar-refractivity contribution in [1.82, 2.24) is 5.32 Å². The molecule has 2 heterocycles. The summed E-state index contributed by atoms with van der Waals surface area (Å²) < 4.78 is 65.4. The van der Waals surface area contributed by atoms with Crippen LogP contribution in [-0.2, 0) is 23.9 Å². The summed E-state index contributed by atoms with van der Waals surface area (Å²) in [7, 11) is 1.17. The Morgan fingerprint density at radius 2 is 1.93 bits per heavy atom. The van der Waals surface area contributed by atoms with Crippen molar-refractivity contribution in [2.75, 3.05) is 13.7 Å². The van der Waals surface area contributed by atoms with Crippen LogP contribution in [-0.4, -0.2) is 55.0 Å². The first-order chi connectivity index (χ1) is 13.6. The minimum atomic E-state index is -3.69. The number of nitrogens with zero attached hydrogens (tertiary/aromatic N) is 1. The summed E-state index contributed by atoms with van der Waals surface area (Å²) in [6.07, 6.45) is -1.60. The van der Waals surface area contributed by atoms with Gasteiger partial charge in [-0.1, -0.05) is 5.16 Å². The number of carbonyl (C=O) groups is 2. The van der Waals surface area contributed by atoms with Crippen molar-refractivity contribution in [3.63, 3.8) is 0 Å². The van der Waals surface area contributed by atoms with Crippen molar-refractivity contribution in [2.45, 2.75) is 43.4 Å². The number of hydrogen-bond acceptors (Lipinski definition) is 6. The molecule has 0 bridgehead atoms. The topological polar surface area (TPSA) is 86.2 Å². The molecule has 1 fully saturated rings. The van der Waals surface area contributed by atoms with Gasteiger partial charge in [0, 0.05) is 25.0 Å². The molecule has 2 aliphatic heterocycles. The van der Waals surface area contributed by atoms with Crippen LogP contribution in [0.1, 0.15) is 25.3 Å². The number of benzene rings is 1. The fourth-order valence-electron chi connectivity index (χ4n) is 3.19. The smallest absolute Gasteiger partial charge is 0.335 e. The van der Waals surface area contributed by atoms with E-state index in [1.165, 1.54) is 7.11 Å². The van der Waals surface area contributed by atoms with Crippen LogP contribution in [0.25, 0.3) is 0 Å². The summed E-state index contributed by atoms with van der Waals surface area (Å²) in [5.74, 6) is -7.36. The maximum absolute atomic E-state index is 14.4. The minimum Gasteiger partial charge on any atom is -0.467 e. The molecule has 1 saturated heterocycles. The largest absolute Gasteiger partial charge is 0.467 e. The highest BCUT2D eigenvalue weighted by Crippen LogP contribution is 2.40. The lowest BCUT2D eigenvalue weighted by Gasteiger charge is -2.31. The molecular weight excluding hydrogens is 400 g/mol. The normalized spacial score (nSPS) is 26.6. The van der Waals surface area contributed by atoms with Crippen molar-refractivity contribution >= 4 is 17.6 Å². The Bertz CT molecular complexity index is 837. The predicted octanol–water partition coefficient (Wildman–Crippen LogP) is 1.93. The van der Waals surface area contributed by atoms with E-state index in [0.717, 1.165) is 12.1 Å². The number of hydrogen-bond donors (Lipinski definition) is 1. The van der Waals surface area contributed by atoms with Crippen LogP contribution in [0.3, 0.4) is 0 Å². The fourth-order valence-corrected chi connectivity index (χ4v) is 3.19. The molecule has 29 heavy (non-hydrogen) atoms. The highest BCUT2D eigenvalue weighted by atomic mass is 19.3. The van der Waals surface area contributed by atoms with Crippen molar-refractivity contribution < 1.29 is 41.5 Å². The summed E-state index contributed by atoms with van der Waals surface area (Å²) in [5.41, 5.74) is -3.03. The van der Waals surface area contributed by atoms with Crippen LogP contribution in [0.5, 0.6) is 0 Å². The zero-order valence-electron chi connectivity index (χ0n) is 15.5. The van der Waals surface area contributed by atoms with Gasteiger partial charge in [-0.25, -0.2) is 22.4 Å². The third-order valence-electron chi connectivity index (χ3n) is 4.80. The van der Waals surface area contributed by atoms with E-state index < -0.39 is 53.6 Å². The van der Waals surface area contributed by atoms with E-state index in [1.54, 1.807) is 0 Å². The third-order valence-corrected chi connectivity index (χ3v) is 4.80. The lowest BCUT2D eigenvalue weighted by Crippen LogP contribution is -2.59. The number of halogens is 4. The maximum atomic E-state index is 14.4. The Kier molecular flexibility index (Phi) is 5.52. The minimum absolute atomic E-state index is 0.0343. The molecule has 7 nitrogen and oxygen atoms in total. The molecule has 0 saturated carbocycles. The van der Waals surface area contributed by atoms with E-state index in [1.807, 2.05) is 0 Å². The van der Waals surface area contributed by atoms with E-state index in [2.05, 4.69) is 15.2 Å². The number of esters is 1. The van der Waals surface area contributed by atoms with E-state index in [4.69, 9.17) is 9.57 Å². The Morgan fingerprint density at radius 1 is 1.28 bits per heavy atom. The van der Waals surface area contributed by atoms with Gasteiger partial charge >= 0.3 is 5.97 Å². The van der Waals surface area contributed by atoms with Crippen molar-refractivity contribution in [3.05, 3.63) is 35.4 Å². The average Bonchev–Trinajstić information content (AvgIpc) is 3.27. The first-order valence-corrected chi connectivity index (χ1v) is 8.65. The van der Waals surface area contributed by atoms with Crippen LogP contribution in [0.2, 0.25) is 0 Å². The molecule has 1 aromatic carbocycles. The Labute approximate surface area is 163 Å². The van der Waals surface area contributed by atoms with E-state index in [-0.39, 0.29) is 24.3 Å². The number of nitrogens with one attached hydrogen (secondary N) is 1. The van der Waals surface area contributed by atoms with Gasteiger partial charge in [-0.15, -0.1) is 0 Å². The molecule has 0 aromatic heterocycles. The second-order valence-corrected chi connectivity index (χ2v) is 6.93. The number of oxime groups is 1. The van der Waals surface area contributed by atoms with Gasteiger partial charge < -0.3 is 19.6 Å². The average molecular weight is 418 g/mol. The lowest BCUT2D eigenvalue weighted by molar-refractivity contribution is -0.195. The standard InChI is InChI=1S/C18H18F4N2O5/c1-17(21,22)18(16(26)23-12-6-14(28-8-12)15(25)27-2)7-13(24-29-18)9-3-10(19)5-11(20)4-9/h3-5,12,14H,6-8H2,1-2H3,(H,23,26)/t12?,14?,18-/m1/s1. The van der Waals surface area contributed by atoms with Gasteiger partial charge in [-0.2, -0.15) is 0 Å². The zero-order chi connectivity index (χ0) is 21.4. The monoisotopic (exact) mass is 418 g/mol. The Balaban J connectivity index is 1.77. The first-order valence-electron chi connectivity index (χ1n) is 8.65. The summed E-state index contributed by atoms with van der Waals surface area (Å²) in [6, 6.07) is 1.69. The highest BCUT2D eigenvalue weighted by molar-refractivity contribution is 6.06. The molecule has 1 N–H and O–H groups in total. The predicted molar refractivity (Wildman–Crippen MR) is 90.3 cm³/mol. The second-order valence-electron chi connectivity index (χ2n) is 6.93. The fraction of sp³-hybridized carbons (Fsp3) is 0.500. The van der Waals surface area contributed by atoms with E-state index >= 15 is 0 Å². The second kappa shape index (κ2) is 7.62. The number of amides is 1. The molecule has 158 valence electrons. The highest BCUT2D eigenvalue weighted by Gasteiger charge is 2.62. The number of ether oxygens (including phenoxy) is 2. The van der Waals surface area contributed by atoms with E-state index in [9.17, 15) is 27.2 Å². The van der Waals surface area contributed by atoms with Gasteiger partial charge in [0.25, 0.3) is 17.4 Å². The molecule has 2 unspecified atom stereocenters. The Hall–Kier alpha value is -2.69. The summed E-state index contributed by atoms with van der Waals surface area (Å²) in [5, 5.41) is 5.87. The van der Waals surface area contributed by atoms with Crippen LogP contribution in [0.15, 0.2) is 23.4 Å². The molecule has 11 heteroatoms. The van der Waals surface area contributed by atoms with Crippen molar-refractivity contribution in [3.8, 4) is 0 Å². The molecule has 3 atom stereocenters. The molecule has 2 aliphatic rings. The summed E-state index contributed by atoms with van der Waals surface area (Å²) in [4.78, 5) is 29.1. The van der Waals surface area contributed by atoms with Crippen molar-refractivity contribution in [1.29, 1.82) is 0 Å². The molecule has 1 aromatic rings. The van der Waals surface area contributed by atoms with Gasteiger partial charge in [0.05, 0.1) is 31.9 Å². The van der Waals surface area contributed by atoms with Gasteiger partial charge in [0.1, 0.15) is 11.6 Å². The molecule has 0 radical (unpaired) electrons.